The average Bonchev–Trinajstić information content (AvgIpc) is 2.04. The summed E-state index contributed by atoms with van der Waals surface area (Å²) in [6.45, 7) is 0. The molecule has 0 atom stereocenters. The summed E-state index contributed by atoms with van der Waals surface area (Å²) in [4.78, 5) is 0. The number of anilines is 1. The molecule has 1 aromatic rings. The molecule has 0 aromatic heterocycles. The number of hydrogen-bond acceptors (Lipinski definition) is 1. The zero-order chi connectivity index (χ0) is 9.14. The van der Waals surface area contributed by atoms with Crippen molar-refractivity contribution in [2.75, 3.05) is 4.42 Å². The highest BCUT2D eigenvalue weighted by atomic mass is 35.5. The van der Waals surface area contributed by atoms with E-state index in [4.69, 9.17) is 35.6 Å². The summed E-state index contributed by atoms with van der Waals surface area (Å²) >= 11 is 20.3. The van der Waals surface area contributed by atoms with Crippen molar-refractivity contribution in [1.82, 2.24) is 0 Å². The number of benzene rings is 1. The van der Waals surface area contributed by atoms with Crippen LogP contribution in [0.15, 0.2) is 24.3 Å². The molecule has 0 heterocycles. The van der Waals surface area contributed by atoms with Crippen LogP contribution < -0.4 is 4.42 Å². The van der Waals surface area contributed by atoms with E-state index in [0.29, 0.717) is 10.7 Å². The first-order valence-corrected chi connectivity index (χ1v) is 4.63. The lowest BCUT2D eigenvalue weighted by Gasteiger charge is -2.13. The first-order chi connectivity index (χ1) is 5.63. The van der Waals surface area contributed by atoms with E-state index >= 15 is 0 Å². The summed E-state index contributed by atoms with van der Waals surface area (Å²) in [5, 5.41) is 0.545. The molecule has 5 heteroatoms. The van der Waals surface area contributed by atoms with Gasteiger partial charge in [0.15, 0.2) is 4.32 Å². The average molecular weight is 238 g/mol. The van der Waals surface area contributed by atoms with Crippen LogP contribution in [0.2, 0.25) is 5.02 Å². The van der Waals surface area contributed by atoms with E-state index in [1.54, 1.807) is 12.1 Å². The topological polar surface area (TPSA) is 3.24 Å². The summed E-state index contributed by atoms with van der Waals surface area (Å²) in [5.41, 5.74) is 0.640. The summed E-state index contributed by atoms with van der Waals surface area (Å²) in [7, 11) is 0. The fraction of sp³-hybridized carbons (Fsp3) is 0. The minimum atomic E-state index is 0.268. The molecule has 0 saturated heterocycles. The molecule has 0 spiro atoms. The zero-order valence-electron chi connectivity index (χ0n) is 5.87. The molecular formula is C7H5Cl2NS2. The largest absolute Gasteiger partial charge is 0.236 e. The van der Waals surface area contributed by atoms with Gasteiger partial charge in [0, 0.05) is 11.8 Å². The molecule has 0 N–H and O–H groups in total. The van der Waals surface area contributed by atoms with Crippen molar-refractivity contribution in [2.45, 2.75) is 0 Å². The van der Waals surface area contributed by atoms with Gasteiger partial charge in [0.25, 0.3) is 0 Å². The summed E-state index contributed by atoms with van der Waals surface area (Å²) < 4.78 is 1.49. The highest BCUT2D eigenvalue weighted by molar-refractivity contribution is 8.11. The lowest BCUT2D eigenvalue weighted by Crippen LogP contribution is -2.12. The van der Waals surface area contributed by atoms with Crippen molar-refractivity contribution in [3.63, 3.8) is 0 Å². The lowest BCUT2D eigenvalue weighted by molar-refractivity contribution is 1.55. The normalized spacial score (nSPS) is 9.58. The van der Waals surface area contributed by atoms with Crippen LogP contribution in [0.3, 0.4) is 0 Å². The van der Waals surface area contributed by atoms with Crippen LogP contribution in [0, 0.1) is 0 Å². The zero-order valence-corrected chi connectivity index (χ0v) is 9.09. The minimum absolute atomic E-state index is 0.268. The van der Waals surface area contributed by atoms with E-state index in [0.717, 1.165) is 0 Å². The molecular weight excluding hydrogens is 233 g/mol. The van der Waals surface area contributed by atoms with Crippen molar-refractivity contribution >= 4 is 58.2 Å². The third-order valence-electron chi connectivity index (χ3n) is 1.23. The molecule has 0 radical (unpaired) electrons. The Hall–Kier alpha value is 0.0400. The monoisotopic (exact) mass is 237 g/mol. The fourth-order valence-electron chi connectivity index (χ4n) is 0.714. The van der Waals surface area contributed by atoms with Crippen LogP contribution in [-0.2, 0) is 0 Å². The number of thiocarbonyl (C=S) groups is 1. The van der Waals surface area contributed by atoms with Gasteiger partial charge in [0.2, 0.25) is 0 Å². The van der Waals surface area contributed by atoms with Gasteiger partial charge in [-0.15, -0.1) is 12.6 Å². The molecule has 0 aliphatic rings. The number of hydrogen-bond donors (Lipinski definition) is 1. The lowest BCUT2D eigenvalue weighted by atomic mass is 10.3. The number of para-hydroxylation sites is 1. The summed E-state index contributed by atoms with van der Waals surface area (Å²) in [5.74, 6) is 0. The second-order valence-electron chi connectivity index (χ2n) is 2.01. The Morgan fingerprint density at radius 2 is 2.00 bits per heavy atom. The molecule has 1 rings (SSSR count). The van der Waals surface area contributed by atoms with Gasteiger partial charge in [0.05, 0.1) is 10.7 Å². The molecule has 64 valence electrons. The molecule has 12 heavy (non-hydrogen) atoms. The Labute approximate surface area is 91.8 Å². The number of thiol groups is 1. The van der Waals surface area contributed by atoms with Gasteiger partial charge < -0.3 is 0 Å². The maximum Gasteiger partial charge on any atom is 0.152 e. The molecule has 0 unspecified atom stereocenters. The van der Waals surface area contributed by atoms with Gasteiger partial charge in [-0.25, -0.2) is 4.42 Å². The molecule has 1 nitrogen and oxygen atoms in total. The number of halogens is 2. The van der Waals surface area contributed by atoms with E-state index in [1.807, 2.05) is 12.1 Å². The van der Waals surface area contributed by atoms with Crippen LogP contribution in [-0.4, -0.2) is 4.32 Å². The van der Waals surface area contributed by atoms with Crippen molar-refractivity contribution in [3.8, 4) is 0 Å². The molecule has 0 fully saturated rings. The maximum atomic E-state index is 5.84. The predicted octanol–water partition coefficient (Wildman–Crippen LogP) is 3.51. The van der Waals surface area contributed by atoms with Gasteiger partial charge in [-0.3, -0.25) is 0 Å². The van der Waals surface area contributed by atoms with Crippen LogP contribution in [0.4, 0.5) is 5.69 Å². The van der Waals surface area contributed by atoms with Gasteiger partial charge in [-0.1, -0.05) is 36.0 Å². The standard InChI is InChI=1S/C7H5Cl2NS2/c8-5-3-1-2-4-6(5)10(9)7(11)12/h1-4H,(H,11,12). The van der Waals surface area contributed by atoms with Gasteiger partial charge in [-0.05, 0) is 12.1 Å². The Bertz CT molecular complexity index is 303. The van der Waals surface area contributed by atoms with E-state index in [-0.39, 0.29) is 4.32 Å². The van der Waals surface area contributed by atoms with Crippen LogP contribution in [0.1, 0.15) is 0 Å². The Balaban J connectivity index is 3.02. The SMILES string of the molecule is S=C(S)N(Cl)c1ccccc1Cl. The molecule has 0 aliphatic carbocycles. The first-order valence-electron chi connectivity index (χ1n) is 3.06. The highest BCUT2D eigenvalue weighted by Crippen LogP contribution is 2.27. The fourth-order valence-corrected chi connectivity index (χ4v) is 1.33. The molecule has 0 saturated carbocycles. The van der Waals surface area contributed by atoms with Gasteiger partial charge in [-0.2, -0.15) is 0 Å². The quantitative estimate of drug-likeness (QED) is 0.453. The second kappa shape index (κ2) is 4.33. The summed E-state index contributed by atoms with van der Waals surface area (Å²) in [6, 6.07) is 7.14. The Kier molecular flexibility index (Phi) is 3.65. The Morgan fingerprint density at radius 1 is 1.42 bits per heavy atom. The first kappa shape index (κ1) is 10.1. The van der Waals surface area contributed by atoms with Crippen molar-refractivity contribution < 1.29 is 0 Å². The van der Waals surface area contributed by atoms with E-state index < -0.39 is 0 Å². The molecule has 0 amide bonds. The van der Waals surface area contributed by atoms with E-state index in [1.165, 1.54) is 4.42 Å². The highest BCUT2D eigenvalue weighted by Gasteiger charge is 2.08. The van der Waals surface area contributed by atoms with Crippen LogP contribution in [0.25, 0.3) is 0 Å². The molecule has 0 bridgehead atoms. The van der Waals surface area contributed by atoms with Gasteiger partial charge in [0.1, 0.15) is 0 Å². The summed E-state index contributed by atoms with van der Waals surface area (Å²) in [6.07, 6.45) is 0. The predicted molar refractivity (Wildman–Crippen MR) is 61.4 cm³/mol. The van der Waals surface area contributed by atoms with Crippen LogP contribution in [0.5, 0.6) is 0 Å². The van der Waals surface area contributed by atoms with Gasteiger partial charge >= 0.3 is 0 Å². The van der Waals surface area contributed by atoms with E-state index in [9.17, 15) is 0 Å². The second-order valence-corrected chi connectivity index (χ2v) is 3.87. The number of nitrogens with zero attached hydrogens (tertiary/aromatic N) is 1. The van der Waals surface area contributed by atoms with Crippen molar-refractivity contribution in [1.29, 1.82) is 0 Å². The van der Waals surface area contributed by atoms with E-state index in [2.05, 4.69) is 12.6 Å². The Morgan fingerprint density at radius 3 is 2.50 bits per heavy atom. The maximum absolute atomic E-state index is 5.84. The molecule has 0 aliphatic heterocycles. The van der Waals surface area contributed by atoms with Crippen LogP contribution >= 0.6 is 48.2 Å². The molecule has 1 aromatic carbocycles. The third kappa shape index (κ3) is 2.26. The van der Waals surface area contributed by atoms with Crippen molar-refractivity contribution in [2.24, 2.45) is 0 Å². The third-order valence-corrected chi connectivity index (χ3v) is 2.50. The van der Waals surface area contributed by atoms with Crippen molar-refractivity contribution in [3.05, 3.63) is 29.3 Å². The number of rotatable bonds is 1. The minimum Gasteiger partial charge on any atom is -0.236 e. The smallest absolute Gasteiger partial charge is 0.152 e.